The number of pyridine rings is 1. The summed E-state index contributed by atoms with van der Waals surface area (Å²) in [5, 5.41) is 0.565. The molecule has 0 spiro atoms. The van der Waals surface area contributed by atoms with E-state index in [9.17, 15) is 13.2 Å². The van der Waals surface area contributed by atoms with Gasteiger partial charge in [-0.3, -0.25) is 4.98 Å². The third-order valence-electron chi connectivity index (χ3n) is 2.51. The number of aromatic nitrogens is 1. The quantitative estimate of drug-likeness (QED) is 0.663. The molecule has 0 unspecified atom stereocenters. The van der Waals surface area contributed by atoms with Gasteiger partial charge in [0.15, 0.2) is 0 Å². The normalized spacial score (nSPS) is 12.1. The number of alkyl halides is 3. The van der Waals surface area contributed by atoms with Gasteiger partial charge < -0.3 is 0 Å². The summed E-state index contributed by atoms with van der Waals surface area (Å²) in [7, 11) is 0. The van der Waals surface area contributed by atoms with Crippen LogP contribution in [0.4, 0.5) is 13.2 Å². The first-order valence-electron chi connectivity index (χ1n) is 4.83. The zero-order valence-electron chi connectivity index (χ0n) is 8.89. The van der Waals surface area contributed by atoms with Crippen LogP contribution in [0.5, 0.6) is 0 Å². The summed E-state index contributed by atoms with van der Waals surface area (Å²) in [5.74, 6) is 0. The zero-order chi connectivity index (χ0) is 11.9. The molecular formula is C12H10F3N. The van der Waals surface area contributed by atoms with Gasteiger partial charge in [0.1, 0.15) is 0 Å². The van der Waals surface area contributed by atoms with Crippen LogP contribution in [0.15, 0.2) is 24.4 Å². The van der Waals surface area contributed by atoms with E-state index >= 15 is 0 Å². The average Bonchev–Trinajstić information content (AvgIpc) is 2.17. The molecule has 1 heterocycles. The number of hydrogen-bond acceptors (Lipinski definition) is 1. The van der Waals surface area contributed by atoms with E-state index in [1.165, 1.54) is 6.20 Å². The Kier molecular flexibility index (Phi) is 2.37. The van der Waals surface area contributed by atoms with Gasteiger partial charge in [0.25, 0.3) is 0 Å². The van der Waals surface area contributed by atoms with E-state index in [0.717, 1.165) is 11.6 Å². The van der Waals surface area contributed by atoms with Crippen molar-refractivity contribution in [3.05, 3.63) is 41.1 Å². The predicted octanol–water partition coefficient (Wildman–Crippen LogP) is 3.87. The maximum absolute atomic E-state index is 12.8. The molecule has 0 aliphatic heterocycles. The van der Waals surface area contributed by atoms with Gasteiger partial charge in [-0.05, 0) is 43.2 Å². The number of fused-ring (bicyclic) bond motifs is 1. The molecule has 16 heavy (non-hydrogen) atoms. The fraction of sp³-hybridized carbons (Fsp3) is 0.250. The van der Waals surface area contributed by atoms with Gasteiger partial charge >= 0.3 is 6.18 Å². The Morgan fingerprint density at radius 2 is 1.81 bits per heavy atom. The lowest BCUT2D eigenvalue weighted by molar-refractivity contribution is -0.136. The lowest BCUT2D eigenvalue weighted by atomic mass is 10.0. The topological polar surface area (TPSA) is 12.9 Å². The Morgan fingerprint density at radius 1 is 1.12 bits per heavy atom. The van der Waals surface area contributed by atoms with Gasteiger partial charge in [0.2, 0.25) is 0 Å². The molecule has 0 aliphatic carbocycles. The highest BCUT2D eigenvalue weighted by Gasteiger charge is 2.33. The van der Waals surface area contributed by atoms with Crippen LogP contribution in [0.1, 0.15) is 16.7 Å². The van der Waals surface area contributed by atoms with Crippen LogP contribution >= 0.6 is 0 Å². The summed E-state index contributed by atoms with van der Waals surface area (Å²) in [6, 6.07) is 4.57. The summed E-state index contributed by atoms with van der Waals surface area (Å²) in [4.78, 5) is 3.83. The molecule has 0 atom stereocenters. The Morgan fingerprint density at radius 3 is 2.44 bits per heavy atom. The van der Waals surface area contributed by atoms with E-state index < -0.39 is 11.7 Å². The highest BCUT2D eigenvalue weighted by Crippen LogP contribution is 2.35. The van der Waals surface area contributed by atoms with Crippen LogP contribution < -0.4 is 0 Å². The smallest absolute Gasteiger partial charge is 0.256 e. The molecular weight excluding hydrogens is 215 g/mol. The number of aryl methyl sites for hydroxylation is 2. The molecule has 0 saturated carbocycles. The molecule has 0 aliphatic rings. The van der Waals surface area contributed by atoms with Gasteiger partial charge in [0, 0.05) is 11.6 Å². The van der Waals surface area contributed by atoms with E-state index in [2.05, 4.69) is 4.98 Å². The fourth-order valence-electron chi connectivity index (χ4n) is 1.75. The molecule has 0 saturated heterocycles. The molecule has 0 bridgehead atoms. The molecule has 1 aromatic heterocycles. The standard InChI is InChI=1S/C12H10F3N/c1-7-5-9-8(2)3-4-16-11(9)10(6-7)12(13,14)15/h3-6H,1-2H3. The summed E-state index contributed by atoms with van der Waals surface area (Å²) >= 11 is 0. The number of rotatable bonds is 0. The van der Waals surface area contributed by atoms with Crippen LogP contribution in [0.3, 0.4) is 0 Å². The van der Waals surface area contributed by atoms with Crippen LogP contribution in [0, 0.1) is 13.8 Å². The molecule has 0 amide bonds. The maximum atomic E-state index is 12.8. The monoisotopic (exact) mass is 225 g/mol. The van der Waals surface area contributed by atoms with Crippen molar-refractivity contribution in [2.75, 3.05) is 0 Å². The van der Waals surface area contributed by atoms with Gasteiger partial charge in [-0.2, -0.15) is 13.2 Å². The summed E-state index contributed by atoms with van der Waals surface area (Å²) in [5.41, 5.74) is 0.763. The van der Waals surface area contributed by atoms with Gasteiger partial charge in [-0.15, -0.1) is 0 Å². The van der Waals surface area contributed by atoms with Gasteiger partial charge in [0.05, 0.1) is 11.1 Å². The first-order valence-corrected chi connectivity index (χ1v) is 4.83. The number of halogens is 3. The first-order chi connectivity index (χ1) is 7.39. The average molecular weight is 225 g/mol. The highest BCUT2D eigenvalue weighted by molar-refractivity contribution is 5.85. The van der Waals surface area contributed by atoms with Crippen molar-refractivity contribution >= 4 is 10.9 Å². The lowest BCUT2D eigenvalue weighted by Crippen LogP contribution is -2.07. The number of benzene rings is 1. The maximum Gasteiger partial charge on any atom is 0.418 e. The Balaban J connectivity index is 2.89. The number of nitrogens with zero attached hydrogens (tertiary/aromatic N) is 1. The summed E-state index contributed by atoms with van der Waals surface area (Å²) in [6.07, 6.45) is -2.95. The molecule has 0 radical (unpaired) electrons. The fourth-order valence-corrected chi connectivity index (χ4v) is 1.75. The molecule has 2 aromatic rings. The van der Waals surface area contributed by atoms with Gasteiger partial charge in [-0.1, -0.05) is 0 Å². The zero-order valence-corrected chi connectivity index (χ0v) is 8.89. The highest BCUT2D eigenvalue weighted by atomic mass is 19.4. The molecule has 0 fully saturated rings. The minimum absolute atomic E-state index is 0.0260. The third kappa shape index (κ3) is 1.75. The van der Waals surface area contributed by atoms with E-state index in [1.54, 1.807) is 26.0 Å². The first kappa shape index (κ1) is 10.9. The second-order valence-corrected chi connectivity index (χ2v) is 3.83. The SMILES string of the molecule is Cc1cc(C(F)(F)F)c2nccc(C)c2c1. The molecule has 1 aromatic carbocycles. The lowest BCUT2D eigenvalue weighted by Gasteiger charge is -2.11. The van der Waals surface area contributed by atoms with Crippen molar-refractivity contribution in [2.24, 2.45) is 0 Å². The van der Waals surface area contributed by atoms with Crippen LogP contribution in [0.2, 0.25) is 0 Å². The van der Waals surface area contributed by atoms with E-state index in [-0.39, 0.29) is 5.52 Å². The Labute approximate surface area is 90.9 Å². The van der Waals surface area contributed by atoms with Crippen molar-refractivity contribution in [2.45, 2.75) is 20.0 Å². The van der Waals surface area contributed by atoms with Crippen molar-refractivity contribution in [1.82, 2.24) is 4.98 Å². The second kappa shape index (κ2) is 3.47. The van der Waals surface area contributed by atoms with Crippen LogP contribution in [-0.2, 0) is 6.18 Å². The molecule has 84 valence electrons. The van der Waals surface area contributed by atoms with E-state index in [4.69, 9.17) is 0 Å². The van der Waals surface area contributed by atoms with Gasteiger partial charge in [-0.25, -0.2) is 0 Å². The van der Waals surface area contributed by atoms with Crippen molar-refractivity contribution < 1.29 is 13.2 Å². The molecule has 2 rings (SSSR count). The van der Waals surface area contributed by atoms with Crippen molar-refractivity contribution in [3.63, 3.8) is 0 Å². The summed E-state index contributed by atoms with van der Waals surface area (Å²) in [6.45, 7) is 3.44. The number of hydrogen-bond donors (Lipinski definition) is 0. The molecule has 1 nitrogen and oxygen atoms in total. The van der Waals surface area contributed by atoms with Crippen LogP contribution in [0.25, 0.3) is 10.9 Å². The molecule has 4 heteroatoms. The third-order valence-corrected chi connectivity index (χ3v) is 2.51. The predicted molar refractivity (Wildman–Crippen MR) is 56.2 cm³/mol. The van der Waals surface area contributed by atoms with Crippen molar-refractivity contribution in [1.29, 1.82) is 0 Å². The minimum Gasteiger partial charge on any atom is -0.256 e. The summed E-state index contributed by atoms with van der Waals surface area (Å²) < 4.78 is 38.4. The Bertz CT molecular complexity index is 544. The largest absolute Gasteiger partial charge is 0.418 e. The Hall–Kier alpha value is -1.58. The van der Waals surface area contributed by atoms with E-state index in [0.29, 0.717) is 10.9 Å². The second-order valence-electron chi connectivity index (χ2n) is 3.83. The minimum atomic E-state index is -4.36. The van der Waals surface area contributed by atoms with Crippen LogP contribution in [-0.4, -0.2) is 4.98 Å². The van der Waals surface area contributed by atoms with Crippen molar-refractivity contribution in [3.8, 4) is 0 Å². The molecule has 0 N–H and O–H groups in total. The van der Waals surface area contributed by atoms with E-state index in [1.807, 2.05) is 0 Å².